The number of fused-ring (bicyclic) bond motifs is 3. The number of anilines is 1. The zero-order chi connectivity index (χ0) is 16.4. The van der Waals surface area contributed by atoms with Crippen LogP contribution in [0.3, 0.4) is 0 Å². The highest BCUT2D eigenvalue weighted by Gasteiger charge is 2.23. The predicted molar refractivity (Wildman–Crippen MR) is 95.7 cm³/mol. The van der Waals surface area contributed by atoms with Crippen molar-refractivity contribution in [1.82, 2.24) is 14.9 Å². The highest BCUT2D eigenvalue weighted by molar-refractivity contribution is 7.19. The van der Waals surface area contributed by atoms with Gasteiger partial charge in [-0.3, -0.25) is 4.90 Å². The molecule has 3 N–H and O–H groups in total. The zero-order valence-corrected chi connectivity index (χ0v) is 14.8. The van der Waals surface area contributed by atoms with Gasteiger partial charge < -0.3 is 10.8 Å². The van der Waals surface area contributed by atoms with E-state index in [4.69, 9.17) is 10.7 Å². The van der Waals surface area contributed by atoms with Crippen LogP contribution in [-0.2, 0) is 19.4 Å². The summed E-state index contributed by atoms with van der Waals surface area (Å²) >= 11 is 1.79. The van der Waals surface area contributed by atoms with Gasteiger partial charge in [0.1, 0.15) is 16.5 Å². The number of nitrogens with two attached hydrogens (primary N) is 1. The Hall–Kier alpha value is -1.24. The van der Waals surface area contributed by atoms with E-state index in [0.29, 0.717) is 18.9 Å². The molecule has 1 aliphatic carbocycles. The van der Waals surface area contributed by atoms with Crippen LogP contribution in [-0.4, -0.2) is 39.7 Å². The summed E-state index contributed by atoms with van der Waals surface area (Å²) in [7, 11) is 0. The summed E-state index contributed by atoms with van der Waals surface area (Å²) in [6.07, 6.45) is 4.50. The zero-order valence-electron chi connectivity index (χ0n) is 14.0. The molecular formula is C17H26N4OS. The number of hydrogen-bond donors (Lipinski definition) is 2. The molecule has 1 atom stereocenters. The number of hydrogen-bond acceptors (Lipinski definition) is 6. The van der Waals surface area contributed by atoms with E-state index in [-0.39, 0.29) is 6.61 Å². The number of thiophene rings is 1. The molecule has 0 fully saturated rings. The third-order valence-corrected chi connectivity index (χ3v) is 5.70. The summed E-state index contributed by atoms with van der Waals surface area (Å²) in [5.41, 5.74) is 7.65. The second kappa shape index (κ2) is 7.11. The van der Waals surface area contributed by atoms with Crippen LogP contribution < -0.4 is 5.73 Å². The fraction of sp³-hybridized carbons (Fsp3) is 0.647. The topological polar surface area (TPSA) is 75.3 Å². The fourth-order valence-corrected chi connectivity index (χ4v) is 4.82. The van der Waals surface area contributed by atoms with Crippen LogP contribution in [0.4, 0.5) is 5.82 Å². The highest BCUT2D eigenvalue weighted by Crippen LogP contribution is 2.39. The number of aliphatic hydroxyl groups excluding tert-OH is 1. The van der Waals surface area contributed by atoms with Crippen LogP contribution in [0.5, 0.6) is 0 Å². The van der Waals surface area contributed by atoms with Crippen molar-refractivity contribution in [3.05, 3.63) is 16.3 Å². The first-order valence-corrected chi connectivity index (χ1v) is 9.33. The summed E-state index contributed by atoms with van der Waals surface area (Å²) in [6.45, 7) is 6.83. The molecule has 0 saturated carbocycles. The molecular weight excluding hydrogens is 308 g/mol. The first kappa shape index (κ1) is 16.6. The second-order valence-corrected chi connectivity index (χ2v) is 7.64. The van der Waals surface area contributed by atoms with E-state index in [1.165, 1.54) is 16.9 Å². The van der Waals surface area contributed by atoms with Crippen LogP contribution in [0.25, 0.3) is 10.2 Å². The van der Waals surface area contributed by atoms with Gasteiger partial charge in [-0.1, -0.05) is 13.8 Å². The molecule has 0 amide bonds. The number of nitrogen functional groups attached to an aromatic ring is 1. The Balaban J connectivity index is 1.92. The molecule has 3 rings (SSSR count). The van der Waals surface area contributed by atoms with Gasteiger partial charge in [-0.25, -0.2) is 9.97 Å². The third kappa shape index (κ3) is 3.49. The molecule has 0 aliphatic heterocycles. The smallest absolute Gasteiger partial charge is 0.146 e. The molecule has 2 aromatic heterocycles. The van der Waals surface area contributed by atoms with Crippen molar-refractivity contribution in [2.24, 2.45) is 5.92 Å². The Morgan fingerprint density at radius 1 is 1.35 bits per heavy atom. The number of aromatic nitrogens is 2. The minimum absolute atomic E-state index is 0.156. The molecule has 126 valence electrons. The van der Waals surface area contributed by atoms with Crippen LogP contribution in [0.2, 0.25) is 0 Å². The van der Waals surface area contributed by atoms with Gasteiger partial charge in [0, 0.05) is 11.4 Å². The Kier molecular flexibility index (Phi) is 5.14. The van der Waals surface area contributed by atoms with E-state index in [2.05, 4.69) is 23.7 Å². The van der Waals surface area contributed by atoms with E-state index in [9.17, 15) is 5.11 Å². The molecule has 2 aromatic rings. The molecule has 0 radical (unpaired) electrons. The third-order valence-electron chi connectivity index (χ3n) is 4.55. The number of nitrogens with zero attached hydrogens (tertiary/aromatic N) is 3. The maximum Gasteiger partial charge on any atom is 0.146 e. The average molecular weight is 334 g/mol. The molecule has 23 heavy (non-hydrogen) atoms. The van der Waals surface area contributed by atoms with Crippen LogP contribution in [0.15, 0.2) is 0 Å². The molecule has 0 aromatic carbocycles. The summed E-state index contributed by atoms with van der Waals surface area (Å²) < 4.78 is 0. The Bertz CT molecular complexity index is 679. The van der Waals surface area contributed by atoms with Crippen LogP contribution in [0.1, 0.15) is 43.0 Å². The monoisotopic (exact) mass is 334 g/mol. The SMILES string of the molecule is CCCN(CCO)Cc1nc(N)c2c3c(sc2n1)CC(C)CC3. The van der Waals surface area contributed by atoms with E-state index in [1.807, 2.05) is 0 Å². The van der Waals surface area contributed by atoms with Gasteiger partial charge in [-0.05, 0) is 43.7 Å². The van der Waals surface area contributed by atoms with E-state index >= 15 is 0 Å². The fourth-order valence-electron chi connectivity index (χ4n) is 3.41. The van der Waals surface area contributed by atoms with Crippen molar-refractivity contribution in [3.8, 4) is 0 Å². The van der Waals surface area contributed by atoms with Gasteiger partial charge in [0.25, 0.3) is 0 Å². The number of aliphatic hydroxyl groups is 1. The largest absolute Gasteiger partial charge is 0.395 e. The maximum absolute atomic E-state index is 9.20. The Labute approximate surface area is 141 Å². The quantitative estimate of drug-likeness (QED) is 0.849. The minimum Gasteiger partial charge on any atom is -0.395 e. The van der Waals surface area contributed by atoms with E-state index in [1.54, 1.807) is 11.3 Å². The Morgan fingerprint density at radius 2 is 2.17 bits per heavy atom. The van der Waals surface area contributed by atoms with Crippen molar-refractivity contribution in [2.45, 2.75) is 46.1 Å². The van der Waals surface area contributed by atoms with Crippen LogP contribution >= 0.6 is 11.3 Å². The van der Waals surface area contributed by atoms with E-state index in [0.717, 1.165) is 47.8 Å². The van der Waals surface area contributed by atoms with Gasteiger partial charge in [-0.2, -0.15) is 0 Å². The second-order valence-electron chi connectivity index (χ2n) is 6.56. The lowest BCUT2D eigenvalue weighted by Gasteiger charge is -2.19. The van der Waals surface area contributed by atoms with Gasteiger partial charge in [0.05, 0.1) is 18.5 Å². The first-order valence-electron chi connectivity index (χ1n) is 8.52. The van der Waals surface area contributed by atoms with Gasteiger partial charge in [-0.15, -0.1) is 11.3 Å². The van der Waals surface area contributed by atoms with Crippen molar-refractivity contribution >= 4 is 27.4 Å². The maximum atomic E-state index is 9.20. The van der Waals surface area contributed by atoms with Crippen molar-refractivity contribution in [2.75, 3.05) is 25.4 Å². The number of aryl methyl sites for hydroxylation is 1. The lowest BCUT2D eigenvalue weighted by atomic mass is 9.89. The minimum atomic E-state index is 0.156. The highest BCUT2D eigenvalue weighted by atomic mass is 32.1. The molecule has 5 nitrogen and oxygen atoms in total. The number of rotatable bonds is 6. The average Bonchev–Trinajstić information content (AvgIpc) is 2.85. The first-order chi connectivity index (χ1) is 11.1. The molecule has 1 unspecified atom stereocenters. The van der Waals surface area contributed by atoms with Crippen molar-refractivity contribution < 1.29 is 5.11 Å². The van der Waals surface area contributed by atoms with Gasteiger partial charge in [0.15, 0.2) is 0 Å². The summed E-state index contributed by atoms with van der Waals surface area (Å²) in [5.74, 6) is 2.13. The molecule has 1 aliphatic rings. The standard InChI is InChI=1S/C17H26N4OS/c1-3-6-21(7-8-22)10-14-19-16(18)15-12-5-4-11(2)9-13(12)23-17(15)20-14/h11,22H,3-10H2,1-2H3,(H2,18,19,20). The molecule has 0 saturated heterocycles. The van der Waals surface area contributed by atoms with Crippen molar-refractivity contribution in [1.29, 1.82) is 0 Å². The molecule has 2 heterocycles. The molecule has 0 spiro atoms. The van der Waals surface area contributed by atoms with Crippen molar-refractivity contribution in [3.63, 3.8) is 0 Å². The van der Waals surface area contributed by atoms with Gasteiger partial charge >= 0.3 is 0 Å². The van der Waals surface area contributed by atoms with E-state index < -0.39 is 0 Å². The van der Waals surface area contributed by atoms with Gasteiger partial charge in [0.2, 0.25) is 0 Å². The Morgan fingerprint density at radius 3 is 2.91 bits per heavy atom. The summed E-state index contributed by atoms with van der Waals surface area (Å²) in [4.78, 5) is 14.0. The lowest BCUT2D eigenvalue weighted by molar-refractivity contribution is 0.187. The molecule has 0 bridgehead atoms. The van der Waals surface area contributed by atoms with Crippen LogP contribution in [0, 0.1) is 5.92 Å². The molecule has 6 heteroatoms. The lowest BCUT2D eigenvalue weighted by Crippen LogP contribution is -2.28. The summed E-state index contributed by atoms with van der Waals surface area (Å²) in [6, 6.07) is 0. The normalized spacial score (nSPS) is 17.8. The predicted octanol–water partition coefficient (Wildman–Crippen LogP) is 2.60. The summed E-state index contributed by atoms with van der Waals surface area (Å²) in [5, 5.41) is 10.3.